The predicted molar refractivity (Wildman–Crippen MR) is 81.1 cm³/mol. The Labute approximate surface area is 136 Å². The topological polar surface area (TPSA) is 41.5 Å². The maximum Gasteiger partial charge on any atom is 0.419 e. The first-order valence-corrected chi connectivity index (χ1v) is 7.19. The van der Waals surface area contributed by atoms with E-state index in [0.717, 1.165) is 12.1 Å². The highest BCUT2D eigenvalue weighted by atomic mass is 19.4. The number of ether oxygens (including phenoxy) is 1. The molecule has 0 fully saturated rings. The van der Waals surface area contributed by atoms with Gasteiger partial charge >= 0.3 is 6.18 Å². The number of aliphatic hydroxyl groups excluding tert-OH is 1. The number of benzene rings is 2. The van der Waals surface area contributed by atoms with E-state index in [4.69, 9.17) is 4.74 Å². The fourth-order valence-corrected chi connectivity index (χ4v) is 2.22. The van der Waals surface area contributed by atoms with Crippen LogP contribution >= 0.6 is 0 Å². The standard InChI is InChI=1S/C17H17F4NO2/c1-24-13-4-2-3-12(8-13)16(23)10-22-9-11-5-6-15(18)14(7-11)17(19,20)21/h2-8,16,22-23H,9-10H2,1H3. The average molecular weight is 343 g/mol. The van der Waals surface area contributed by atoms with Gasteiger partial charge in [-0.3, -0.25) is 0 Å². The van der Waals surface area contributed by atoms with Gasteiger partial charge in [-0.25, -0.2) is 4.39 Å². The molecule has 0 aliphatic carbocycles. The van der Waals surface area contributed by atoms with E-state index in [1.807, 2.05) is 0 Å². The summed E-state index contributed by atoms with van der Waals surface area (Å²) in [6.07, 6.45) is -5.58. The lowest BCUT2D eigenvalue weighted by Gasteiger charge is -2.14. The quantitative estimate of drug-likeness (QED) is 0.787. The summed E-state index contributed by atoms with van der Waals surface area (Å²) in [5.74, 6) is -0.706. The molecule has 2 aromatic carbocycles. The Bertz CT molecular complexity index is 689. The second kappa shape index (κ2) is 7.63. The van der Waals surface area contributed by atoms with Crippen molar-refractivity contribution in [1.82, 2.24) is 5.32 Å². The van der Waals surface area contributed by atoms with Gasteiger partial charge in [-0.2, -0.15) is 13.2 Å². The molecule has 0 saturated carbocycles. The highest BCUT2D eigenvalue weighted by Crippen LogP contribution is 2.31. The minimum atomic E-state index is -4.74. The van der Waals surface area contributed by atoms with Crippen LogP contribution in [0.3, 0.4) is 0 Å². The molecule has 0 aliphatic rings. The molecule has 2 N–H and O–H groups in total. The first-order valence-electron chi connectivity index (χ1n) is 7.19. The molecule has 2 aromatic rings. The number of rotatable bonds is 6. The number of aliphatic hydroxyl groups is 1. The van der Waals surface area contributed by atoms with Gasteiger partial charge < -0.3 is 15.2 Å². The number of hydrogen-bond acceptors (Lipinski definition) is 3. The van der Waals surface area contributed by atoms with Gasteiger partial charge in [-0.1, -0.05) is 18.2 Å². The Morgan fingerprint density at radius 2 is 1.92 bits per heavy atom. The van der Waals surface area contributed by atoms with E-state index < -0.39 is 23.7 Å². The van der Waals surface area contributed by atoms with Crippen molar-refractivity contribution in [3.8, 4) is 5.75 Å². The summed E-state index contributed by atoms with van der Waals surface area (Å²) in [4.78, 5) is 0. The second-order valence-electron chi connectivity index (χ2n) is 5.24. The zero-order valence-electron chi connectivity index (χ0n) is 12.9. The van der Waals surface area contributed by atoms with Gasteiger partial charge in [0, 0.05) is 13.1 Å². The van der Waals surface area contributed by atoms with Crippen molar-refractivity contribution < 1.29 is 27.4 Å². The van der Waals surface area contributed by atoms with Gasteiger partial charge in [0.25, 0.3) is 0 Å². The Morgan fingerprint density at radius 3 is 2.58 bits per heavy atom. The van der Waals surface area contributed by atoms with Gasteiger partial charge in [0.05, 0.1) is 18.8 Å². The monoisotopic (exact) mass is 343 g/mol. The van der Waals surface area contributed by atoms with Crippen LogP contribution in [0.2, 0.25) is 0 Å². The first kappa shape index (κ1) is 18.2. The Morgan fingerprint density at radius 1 is 1.17 bits per heavy atom. The zero-order chi connectivity index (χ0) is 17.7. The van der Waals surface area contributed by atoms with Gasteiger partial charge in [-0.15, -0.1) is 0 Å². The van der Waals surface area contributed by atoms with Crippen LogP contribution in [-0.4, -0.2) is 18.8 Å². The summed E-state index contributed by atoms with van der Waals surface area (Å²) in [6, 6.07) is 9.68. The van der Waals surface area contributed by atoms with Crippen LogP contribution < -0.4 is 10.1 Å². The highest BCUT2D eigenvalue weighted by molar-refractivity contribution is 5.30. The molecule has 24 heavy (non-hydrogen) atoms. The van der Waals surface area contributed by atoms with E-state index in [-0.39, 0.29) is 18.7 Å². The van der Waals surface area contributed by atoms with E-state index in [2.05, 4.69) is 5.32 Å². The molecule has 0 radical (unpaired) electrons. The number of alkyl halides is 3. The van der Waals surface area contributed by atoms with Gasteiger partial charge in [0.1, 0.15) is 11.6 Å². The molecular weight excluding hydrogens is 326 g/mol. The third kappa shape index (κ3) is 4.69. The molecule has 0 aromatic heterocycles. The molecule has 1 atom stereocenters. The Kier molecular flexibility index (Phi) is 5.80. The third-order valence-electron chi connectivity index (χ3n) is 3.48. The summed E-state index contributed by atoms with van der Waals surface area (Å²) in [7, 11) is 1.51. The smallest absolute Gasteiger partial charge is 0.419 e. The predicted octanol–water partition coefficient (Wildman–Crippen LogP) is 3.68. The number of methoxy groups -OCH3 is 1. The second-order valence-corrected chi connectivity index (χ2v) is 5.24. The fraction of sp³-hybridized carbons (Fsp3) is 0.294. The van der Waals surface area contributed by atoms with Crippen molar-refractivity contribution in [2.45, 2.75) is 18.8 Å². The van der Waals surface area contributed by atoms with Gasteiger partial charge in [-0.05, 0) is 35.4 Å². The Hall–Kier alpha value is -2.12. The molecule has 3 nitrogen and oxygen atoms in total. The largest absolute Gasteiger partial charge is 0.497 e. The number of hydrogen-bond donors (Lipinski definition) is 2. The lowest BCUT2D eigenvalue weighted by molar-refractivity contribution is -0.140. The van der Waals surface area contributed by atoms with E-state index in [1.165, 1.54) is 13.2 Å². The normalized spacial score (nSPS) is 12.9. The van der Waals surface area contributed by atoms with Crippen LogP contribution in [0.1, 0.15) is 22.8 Å². The summed E-state index contributed by atoms with van der Waals surface area (Å²) < 4.78 is 56.3. The molecule has 7 heteroatoms. The third-order valence-corrected chi connectivity index (χ3v) is 3.48. The molecule has 0 amide bonds. The van der Waals surface area contributed by atoms with Crippen LogP contribution in [0.25, 0.3) is 0 Å². The van der Waals surface area contributed by atoms with Crippen LogP contribution in [0, 0.1) is 5.82 Å². The van der Waals surface area contributed by atoms with Crippen LogP contribution in [-0.2, 0) is 12.7 Å². The maximum atomic E-state index is 13.2. The van der Waals surface area contributed by atoms with Crippen LogP contribution in [0.4, 0.5) is 17.6 Å². The van der Waals surface area contributed by atoms with E-state index >= 15 is 0 Å². The maximum absolute atomic E-state index is 13.2. The summed E-state index contributed by atoms with van der Waals surface area (Å²) in [5, 5.41) is 12.9. The lowest BCUT2D eigenvalue weighted by Crippen LogP contribution is -2.21. The van der Waals surface area contributed by atoms with E-state index in [0.29, 0.717) is 11.3 Å². The first-order chi connectivity index (χ1) is 11.3. The molecule has 0 spiro atoms. The van der Waals surface area contributed by atoms with E-state index in [9.17, 15) is 22.7 Å². The SMILES string of the molecule is COc1cccc(C(O)CNCc2ccc(F)c(C(F)(F)F)c2)c1. The fourth-order valence-electron chi connectivity index (χ4n) is 2.22. The number of nitrogens with one attached hydrogen (secondary N) is 1. The van der Waals surface area contributed by atoms with Crippen molar-refractivity contribution in [3.63, 3.8) is 0 Å². The molecule has 2 rings (SSSR count). The van der Waals surface area contributed by atoms with Crippen molar-refractivity contribution in [2.24, 2.45) is 0 Å². The minimum Gasteiger partial charge on any atom is -0.497 e. The zero-order valence-corrected chi connectivity index (χ0v) is 12.9. The molecule has 0 bridgehead atoms. The Balaban J connectivity index is 1.96. The summed E-state index contributed by atoms with van der Waals surface area (Å²) in [5.41, 5.74) is -0.395. The molecule has 0 heterocycles. The highest BCUT2D eigenvalue weighted by Gasteiger charge is 2.34. The van der Waals surface area contributed by atoms with Crippen molar-refractivity contribution in [2.75, 3.05) is 13.7 Å². The lowest BCUT2D eigenvalue weighted by atomic mass is 10.1. The van der Waals surface area contributed by atoms with Crippen LogP contribution in [0.15, 0.2) is 42.5 Å². The van der Waals surface area contributed by atoms with Gasteiger partial charge in [0.2, 0.25) is 0 Å². The minimum absolute atomic E-state index is 0.0738. The molecule has 0 saturated heterocycles. The van der Waals surface area contributed by atoms with Crippen molar-refractivity contribution in [1.29, 1.82) is 0 Å². The van der Waals surface area contributed by atoms with Crippen LogP contribution in [0.5, 0.6) is 5.75 Å². The number of halogens is 4. The molecule has 0 aliphatic heterocycles. The summed E-state index contributed by atoms with van der Waals surface area (Å²) >= 11 is 0. The molecular formula is C17H17F4NO2. The van der Waals surface area contributed by atoms with E-state index in [1.54, 1.807) is 24.3 Å². The average Bonchev–Trinajstić information content (AvgIpc) is 2.55. The van der Waals surface area contributed by atoms with Crippen molar-refractivity contribution >= 4 is 0 Å². The van der Waals surface area contributed by atoms with Crippen molar-refractivity contribution in [3.05, 3.63) is 65.0 Å². The molecule has 130 valence electrons. The molecule has 1 unspecified atom stereocenters. The summed E-state index contributed by atoms with van der Waals surface area (Å²) in [6.45, 7) is 0.205. The van der Waals surface area contributed by atoms with Gasteiger partial charge in [0.15, 0.2) is 0 Å².